The van der Waals surface area contributed by atoms with Crippen molar-refractivity contribution in [1.82, 2.24) is 9.97 Å². The Kier molecular flexibility index (Phi) is 5.82. The van der Waals surface area contributed by atoms with Gasteiger partial charge < -0.3 is 5.32 Å². The van der Waals surface area contributed by atoms with Crippen LogP contribution in [0.3, 0.4) is 0 Å². The summed E-state index contributed by atoms with van der Waals surface area (Å²) in [6.07, 6.45) is 0. The van der Waals surface area contributed by atoms with Crippen molar-refractivity contribution >= 4 is 68.8 Å². The fraction of sp³-hybridized carbons (Fsp3) is 0.0500. The zero-order valence-electron chi connectivity index (χ0n) is 14.4. The zero-order valence-corrected chi connectivity index (χ0v) is 17.5. The van der Waals surface area contributed by atoms with Gasteiger partial charge in [0.1, 0.15) is 5.03 Å². The molecular formula is C20H13Cl2N3OS2. The lowest BCUT2D eigenvalue weighted by molar-refractivity contribution is -0.113. The molecule has 4 nitrogen and oxygen atoms in total. The third-order valence-corrected chi connectivity index (χ3v) is 6.36. The Morgan fingerprint density at radius 1 is 1.00 bits per heavy atom. The molecule has 8 heteroatoms. The molecule has 0 radical (unpaired) electrons. The van der Waals surface area contributed by atoms with Crippen molar-refractivity contribution in [1.29, 1.82) is 0 Å². The number of carbonyl (C=O) groups is 1. The van der Waals surface area contributed by atoms with Gasteiger partial charge in [0.25, 0.3) is 0 Å². The molecule has 0 aliphatic carbocycles. The minimum atomic E-state index is -0.208. The van der Waals surface area contributed by atoms with Gasteiger partial charge in [0.05, 0.1) is 31.9 Å². The third kappa shape index (κ3) is 4.15. The van der Waals surface area contributed by atoms with Crippen molar-refractivity contribution in [3.05, 3.63) is 70.0 Å². The van der Waals surface area contributed by atoms with Crippen LogP contribution in [0.5, 0.6) is 0 Å². The first-order valence-corrected chi connectivity index (χ1v) is 10.9. The molecule has 1 amide bonds. The lowest BCUT2D eigenvalue weighted by Gasteiger charge is -2.10. The average molecular weight is 446 g/mol. The third-order valence-electron chi connectivity index (χ3n) is 3.88. The summed E-state index contributed by atoms with van der Waals surface area (Å²) in [6.45, 7) is 0. The van der Waals surface area contributed by atoms with Gasteiger partial charge in [-0.2, -0.15) is 0 Å². The van der Waals surface area contributed by atoms with E-state index in [2.05, 4.69) is 15.3 Å². The van der Waals surface area contributed by atoms with Crippen LogP contribution < -0.4 is 5.32 Å². The van der Waals surface area contributed by atoms with E-state index in [1.165, 1.54) is 11.8 Å². The minimum absolute atomic E-state index is 0.173. The van der Waals surface area contributed by atoms with E-state index in [0.29, 0.717) is 21.6 Å². The Balaban J connectivity index is 1.58. The van der Waals surface area contributed by atoms with Crippen molar-refractivity contribution in [2.45, 2.75) is 5.03 Å². The van der Waals surface area contributed by atoms with E-state index in [1.54, 1.807) is 29.5 Å². The number of rotatable bonds is 5. The molecule has 0 unspecified atom stereocenters. The Morgan fingerprint density at radius 2 is 1.79 bits per heavy atom. The summed E-state index contributed by atoms with van der Waals surface area (Å²) in [5.41, 5.74) is 1.27. The molecule has 0 fully saturated rings. The predicted molar refractivity (Wildman–Crippen MR) is 119 cm³/mol. The van der Waals surface area contributed by atoms with Gasteiger partial charge in [0.15, 0.2) is 5.82 Å². The smallest absolute Gasteiger partial charge is 0.234 e. The maximum atomic E-state index is 12.4. The number of para-hydroxylation sites is 2. The molecule has 1 N–H and O–H groups in total. The molecule has 4 rings (SSSR count). The highest BCUT2D eigenvalue weighted by molar-refractivity contribution is 8.00. The first-order chi connectivity index (χ1) is 13.6. The van der Waals surface area contributed by atoms with Crippen molar-refractivity contribution < 1.29 is 4.79 Å². The fourth-order valence-corrected chi connectivity index (χ4v) is 4.57. The molecule has 0 atom stereocenters. The number of hydrogen-bond acceptors (Lipinski definition) is 5. The number of aromatic nitrogens is 2. The summed E-state index contributed by atoms with van der Waals surface area (Å²) < 4.78 is 0. The second kappa shape index (κ2) is 8.49. The first-order valence-electron chi connectivity index (χ1n) is 8.29. The summed E-state index contributed by atoms with van der Waals surface area (Å²) in [5, 5.41) is 7.24. The molecule has 4 aromatic rings. The average Bonchev–Trinajstić information content (AvgIpc) is 3.24. The topological polar surface area (TPSA) is 54.9 Å². The molecular weight excluding hydrogens is 433 g/mol. The number of amides is 1. The van der Waals surface area contributed by atoms with Crippen LogP contribution in [0.2, 0.25) is 10.0 Å². The Hall–Kier alpha value is -2.12. The van der Waals surface area contributed by atoms with Gasteiger partial charge in [-0.25, -0.2) is 9.97 Å². The first kappa shape index (κ1) is 19.2. The zero-order chi connectivity index (χ0) is 19.5. The lowest BCUT2D eigenvalue weighted by Crippen LogP contribution is -2.15. The number of fused-ring (bicyclic) bond motifs is 1. The maximum Gasteiger partial charge on any atom is 0.234 e. The number of anilines is 1. The highest BCUT2D eigenvalue weighted by Crippen LogP contribution is 2.32. The SMILES string of the molecule is O=C(CSc1nc(-c2cccs2)nc2ccccc12)Nc1c(Cl)cccc1Cl. The molecule has 0 saturated heterocycles. The second-order valence-electron chi connectivity index (χ2n) is 5.78. The minimum Gasteiger partial charge on any atom is -0.323 e. The summed E-state index contributed by atoms with van der Waals surface area (Å²) in [5.74, 6) is 0.623. The van der Waals surface area contributed by atoms with Crippen LogP contribution in [-0.2, 0) is 4.79 Å². The van der Waals surface area contributed by atoms with Crippen molar-refractivity contribution in [2.24, 2.45) is 0 Å². The van der Waals surface area contributed by atoms with Crippen LogP contribution in [0.15, 0.2) is 65.0 Å². The Morgan fingerprint density at radius 3 is 2.54 bits per heavy atom. The van der Waals surface area contributed by atoms with Crippen LogP contribution in [0, 0.1) is 0 Å². The molecule has 2 heterocycles. The van der Waals surface area contributed by atoms with Gasteiger partial charge in [-0.1, -0.05) is 65.3 Å². The number of halogens is 2. The normalized spacial score (nSPS) is 10.9. The van der Waals surface area contributed by atoms with E-state index >= 15 is 0 Å². The predicted octanol–water partition coefficient (Wildman–Crippen LogP) is 6.40. The molecule has 0 aliphatic rings. The highest BCUT2D eigenvalue weighted by atomic mass is 35.5. The molecule has 2 aromatic carbocycles. The number of hydrogen-bond donors (Lipinski definition) is 1. The summed E-state index contributed by atoms with van der Waals surface area (Å²) in [6, 6.07) is 16.8. The summed E-state index contributed by atoms with van der Waals surface area (Å²) >= 11 is 15.2. The van der Waals surface area contributed by atoms with Gasteiger partial charge in [-0.3, -0.25) is 4.79 Å². The standard InChI is InChI=1S/C20H13Cl2N3OS2/c21-13-6-3-7-14(22)18(13)24-17(26)11-28-20-12-5-1-2-8-15(12)23-19(25-20)16-9-4-10-27-16/h1-10H,11H2,(H,24,26). The summed E-state index contributed by atoms with van der Waals surface area (Å²) in [7, 11) is 0. The largest absolute Gasteiger partial charge is 0.323 e. The van der Waals surface area contributed by atoms with Crippen LogP contribution in [-0.4, -0.2) is 21.6 Å². The molecule has 0 spiro atoms. The van der Waals surface area contributed by atoms with Gasteiger partial charge in [-0.05, 0) is 29.6 Å². The van der Waals surface area contributed by atoms with E-state index < -0.39 is 0 Å². The number of nitrogens with zero attached hydrogens (tertiary/aromatic N) is 2. The maximum absolute atomic E-state index is 12.4. The molecule has 140 valence electrons. The van der Waals surface area contributed by atoms with Crippen molar-refractivity contribution in [2.75, 3.05) is 11.1 Å². The van der Waals surface area contributed by atoms with Crippen molar-refractivity contribution in [3.63, 3.8) is 0 Å². The Bertz CT molecular complexity index is 1130. The number of carbonyl (C=O) groups excluding carboxylic acids is 1. The van der Waals surface area contributed by atoms with Crippen molar-refractivity contribution in [3.8, 4) is 10.7 Å². The quantitative estimate of drug-likeness (QED) is 0.285. The van der Waals surface area contributed by atoms with E-state index in [9.17, 15) is 4.79 Å². The number of thioether (sulfide) groups is 1. The fourth-order valence-electron chi connectivity index (χ4n) is 2.60. The molecule has 2 aromatic heterocycles. The molecule has 0 aliphatic heterocycles. The van der Waals surface area contributed by atoms with Gasteiger partial charge in [-0.15, -0.1) is 11.3 Å². The van der Waals surface area contributed by atoms with E-state index in [0.717, 1.165) is 20.8 Å². The monoisotopic (exact) mass is 445 g/mol. The van der Waals surface area contributed by atoms with E-state index in [4.69, 9.17) is 23.2 Å². The molecule has 0 bridgehead atoms. The number of benzene rings is 2. The van der Waals surface area contributed by atoms with Crippen LogP contribution in [0.25, 0.3) is 21.6 Å². The molecule has 28 heavy (non-hydrogen) atoms. The second-order valence-corrected chi connectivity index (χ2v) is 8.51. The van der Waals surface area contributed by atoms with Crippen LogP contribution >= 0.6 is 46.3 Å². The number of nitrogens with one attached hydrogen (secondary N) is 1. The Labute approximate surface area is 179 Å². The summed E-state index contributed by atoms with van der Waals surface area (Å²) in [4.78, 5) is 22.8. The van der Waals surface area contributed by atoms with Gasteiger partial charge in [0, 0.05) is 5.39 Å². The molecule has 0 saturated carbocycles. The number of thiophene rings is 1. The highest BCUT2D eigenvalue weighted by Gasteiger charge is 2.14. The lowest BCUT2D eigenvalue weighted by atomic mass is 10.2. The van der Waals surface area contributed by atoms with E-state index in [-0.39, 0.29) is 11.7 Å². The van der Waals surface area contributed by atoms with Crippen LogP contribution in [0.4, 0.5) is 5.69 Å². The van der Waals surface area contributed by atoms with Crippen LogP contribution in [0.1, 0.15) is 0 Å². The van der Waals surface area contributed by atoms with Gasteiger partial charge in [0.2, 0.25) is 5.91 Å². The van der Waals surface area contributed by atoms with Gasteiger partial charge >= 0.3 is 0 Å². The van der Waals surface area contributed by atoms with E-state index in [1.807, 2.05) is 41.8 Å².